The van der Waals surface area contributed by atoms with E-state index in [1.807, 2.05) is 19.1 Å². The lowest BCUT2D eigenvalue weighted by atomic mass is 9.98. The van der Waals surface area contributed by atoms with Gasteiger partial charge in [0.25, 0.3) is 0 Å². The lowest BCUT2D eigenvalue weighted by Crippen LogP contribution is -1.98. The van der Waals surface area contributed by atoms with Crippen LogP contribution in [0.2, 0.25) is 10.2 Å². The topological polar surface area (TPSA) is 38.9 Å². The summed E-state index contributed by atoms with van der Waals surface area (Å²) in [5, 5.41) is 1.01. The van der Waals surface area contributed by atoms with Crippen LogP contribution in [0, 0.1) is 6.92 Å². The highest BCUT2D eigenvalue weighted by atomic mass is 35.5. The first-order chi connectivity index (χ1) is 8.54. The fourth-order valence-corrected chi connectivity index (χ4v) is 2.55. The van der Waals surface area contributed by atoms with Gasteiger partial charge in [0, 0.05) is 17.4 Å². The second-order valence-corrected chi connectivity index (χ2v) is 4.94. The highest BCUT2D eigenvalue weighted by Gasteiger charge is 2.12. The number of benzene rings is 1. The Morgan fingerprint density at radius 2 is 2.00 bits per heavy atom. The summed E-state index contributed by atoms with van der Waals surface area (Å²) < 4.78 is 0. The molecule has 2 N–H and O–H groups in total. The summed E-state index contributed by atoms with van der Waals surface area (Å²) in [4.78, 5) is 4.07. The van der Waals surface area contributed by atoms with Crippen molar-refractivity contribution in [2.75, 3.05) is 5.73 Å². The minimum absolute atomic E-state index is 0.411. The van der Waals surface area contributed by atoms with Gasteiger partial charge in [0.2, 0.25) is 0 Å². The number of nitrogen functional groups attached to an aromatic ring is 1. The van der Waals surface area contributed by atoms with Crippen LogP contribution in [0.5, 0.6) is 0 Å². The number of aromatic nitrogens is 1. The van der Waals surface area contributed by atoms with E-state index in [2.05, 4.69) is 11.9 Å². The molecule has 0 aliphatic rings. The van der Waals surface area contributed by atoms with Crippen LogP contribution in [0.25, 0.3) is 11.1 Å². The van der Waals surface area contributed by atoms with Crippen LogP contribution in [0.4, 0.5) is 5.69 Å². The van der Waals surface area contributed by atoms with E-state index in [1.54, 1.807) is 12.3 Å². The molecule has 0 saturated carbocycles. The van der Waals surface area contributed by atoms with E-state index in [0.717, 1.165) is 34.4 Å². The highest BCUT2D eigenvalue weighted by molar-refractivity contribution is 6.38. The first-order valence-corrected chi connectivity index (χ1v) is 6.49. The van der Waals surface area contributed by atoms with E-state index in [-0.39, 0.29) is 0 Å². The summed E-state index contributed by atoms with van der Waals surface area (Å²) in [6, 6.07) is 5.75. The molecule has 1 aromatic heterocycles. The molecule has 0 radical (unpaired) electrons. The number of hydrogen-bond acceptors (Lipinski definition) is 2. The zero-order valence-corrected chi connectivity index (χ0v) is 11.8. The van der Waals surface area contributed by atoms with Crippen LogP contribution >= 0.6 is 23.2 Å². The Kier molecular flexibility index (Phi) is 3.79. The number of halogens is 2. The molecule has 0 atom stereocenters. The second kappa shape index (κ2) is 5.17. The fourth-order valence-electron chi connectivity index (χ4n) is 1.98. The number of hydrogen-bond donors (Lipinski definition) is 1. The Hall–Kier alpha value is -1.25. The molecule has 18 heavy (non-hydrogen) atoms. The quantitative estimate of drug-likeness (QED) is 0.649. The summed E-state index contributed by atoms with van der Waals surface area (Å²) >= 11 is 12.3. The van der Waals surface area contributed by atoms with Crippen LogP contribution in [-0.4, -0.2) is 4.98 Å². The van der Waals surface area contributed by atoms with Crippen LogP contribution in [-0.2, 0) is 6.42 Å². The smallest absolute Gasteiger partial charge is 0.138 e. The number of nitrogens with zero attached hydrogens (tertiary/aromatic N) is 1. The number of anilines is 1. The van der Waals surface area contributed by atoms with Gasteiger partial charge in [-0.1, -0.05) is 30.1 Å². The largest absolute Gasteiger partial charge is 0.398 e. The van der Waals surface area contributed by atoms with E-state index < -0.39 is 0 Å². The average molecular weight is 281 g/mol. The number of rotatable bonds is 2. The first kappa shape index (κ1) is 13.2. The monoisotopic (exact) mass is 280 g/mol. The molecule has 0 bridgehead atoms. The maximum absolute atomic E-state index is 6.20. The predicted octanol–water partition coefficient (Wildman–Crippen LogP) is 4.51. The second-order valence-electron chi connectivity index (χ2n) is 4.18. The molecule has 94 valence electrons. The van der Waals surface area contributed by atoms with Gasteiger partial charge in [0.05, 0.1) is 5.02 Å². The Bertz CT molecular complexity index is 574. The van der Waals surface area contributed by atoms with Gasteiger partial charge in [-0.15, -0.1) is 0 Å². The Morgan fingerprint density at radius 1 is 1.28 bits per heavy atom. The van der Waals surface area contributed by atoms with Gasteiger partial charge in [-0.3, -0.25) is 0 Å². The summed E-state index contributed by atoms with van der Waals surface area (Å²) in [6.45, 7) is 4.05. The molecular weight excluding hydrogens is 267 g/mol. The maximum Gasteiger partial charge on any atom is 0.138 e. The highest BCUT2D eigenvalue weighted by Crippen LogP contribution is 2.35. The molecule has 2 nitrogen and oxygen atoms in total. The summed E-state index contributed by atoms with van der Waals surface area (Å²) in [5.41, 5.74) is 10.7. The standard InChI is InChI=1S/C14H14Cl2N2/c1-3-9-7-10(6-8(2)13(9)17)12-11(15)4-5-18-14(12)16/h4-7H,3,17H2,1-2H3. The zero-order valence-electron chi connectivity index (χ0n) is 10.3. The summed E-state index contributed by atoms with van der Waals surface area (Å²) in [6.07, 6.45) is 2.47. The molecule has 1 aromatic carbocycles. The van der Waals surface area contributed by atoms with Gasteiger partial charge >= 0.3 is 0 Å². The Morgan fingerprint density at radius 3 is 2.61 bits per heavy atom. The third-order valence-electron chi connectivity index (χ3n) is 3.00. The van der Waals surface area contributed by atoms with E-state index in [0.29, 0.717) is 10.2 Å². The Balaban J connectivity index is 2.68. The number of aryl methyl sites for hydroxylation is 2. The predicted molar refractivity (Wildman–Crippen MR) is 78.2 cm³/mol. The minimum atomic E-state index is 0.411. The first-order valence-electron chi connectivity index (χ1n) is 5.74. The number of pyridine rings is 1. The van der Waals surface area contributed by atoms with Crippen LogP contribution < -0.4 is 5.73 Å². The van der Waals surface area contributed by atoms with Crippen molar-refractivity contribution >= 4 is 28.9 Å². The molecule has 0 aliphatic heterocycles. The molecule has 0 spiro atoms. The Labute approximate surface area is 117 Å². The van der Waals surface area contributed by atoms with Crippen LogP contribution in [0.3, 0.4) is 0 Å². The molecule has 4 heteroatoms. The van der Waals surface area contributed by atoms with Gasteiger partial charge in [-0.2, -0.15) is 0 Å². The summed E-state index contributed by atoms with van der Waals surface area (Å²) in [7, 11) is 0. The van der Waals surface area contributed by atoms with Gasteiger partial charge < -0.3 is 5.73 Å². The van der Waals surface area contributed by atoms with Crippen molar-refractivity contribution in [2.45, 2.75) is 20.3 Å². The molecule has 0 aliphatic carbocycles. The van der Waals surface area contributed by atoms with Crippen LogP contribution in [0.15, 0.2) is 24.4 Å². The maximum atomic E-state index is 6.20. The molecule has 0 amide bonds. The van der Waals surface area contributed by atoms with Crippen molar-refractivity contribution in [3.05, 3.63) is 45.7 Å². The molecule has 0 unspecified atom stereocenters. The molecule has 0 fully saturated rings. The SMILES string of the molecule is CCc1cc(-c2c(Cl)ccnc2Cl)cc(C)c1N. The normalized spacial score (nSPS) is 10.7. The van der Waals surface area contributed by atoms with Gasteiger partial charge in [-0.05, 0) is 48.2 Å². The average Bonchev–Trinajstić information content (AvgIpc) is 2.33. The third kappa shape index (κ3) is 2.31. The molecule has 0 saturated heterocycles. The molecule has 1 heterocycles. The minimum Gasteiger partial charge on any atom is -0.398 e. The van der Waals surface area contributed by atoms with E-state index >= 15 is 0 Å². The van der Waals surface area contributed by atoms with Crippen molar-refractivity contribution in [1.29, 1.82) is 0 Å². The number of nitrogens with two attached hydrogens (primary N) is 1. The molecular formula is C14H14Cl2N2. The van der Waals surface area contributed by atoms with Crippen molar-refractivity contribution in [2.24, 2.45) is 0 Å². The van der Waals surface area contributed by atoms with Crippen molar-refractivity contribution < 1.29 is 0 Å². The fraction of sp³-hybridized carbons (Fsp3) is 0.214. The lowest BCUT2D eigenvalue weighted by molar-refractivity contribution is 1.14. The van der Waals surface area contributed by atoms with E-state index in [9.17, 15) is 0 Å². The molecule has 2 rings (SSSR count). The lowest BCUT2D eigenvalue weighted by Gasteiger charge is -2.12. The summed E-state index contributed by atoms with van der Waals surface area (Å²) in [5.74, 6) is 0. The van der Waals surface area contributed by atoms with E-state index in [4.69, 9.17) is 28.9 Å². The van der Waals surface area contributed by atoms with Crippen molar-refractivity contribution in [3.63, 3.8) is 0 Å². The molecule has 2 aromatic rings. The van der Waals surface area contributed by atoms with Crippen molar-refractivity contribution in [1.82, 2.24) is 4.98 Å². The van der Waals surface area contributed by atoms with Crippen LogP contribution in [0.1, 0.15) is 18.1 Å². The van der Waals surface area contributed by atoms with Crippen molar-refractivity contribution in [3.8, 4) is 11.1 Å². The zero-order chi connectivity index (χ0) is 13.3. The van der Waals surface area contributed by atoms with Gasteiger partial charge in [-0.25, -0.2) is 4.98 Å². The van der Waals surface area contributed by atoms with Gasteiger partial charge in [0.15, 0.2) is 0 Å². The van der Waals surface area contributed by atoms with Gasteiger partial charge in [0.1, 0.15) is 5.15 Å². The van der Waals surface area contributed by atoms with E-state index in [1.165, 1.54) is 0 Å². The third-order valence-corrected chi connectivity index (χ3v) is 3.60.